The van der Waals surface area contributed by atoms with Gasteiger partial charge >= 0.3 is 0 Å². The number of carbonyl (C=O) groups is 1. The van der Waals surface area contributed by atoms with Crippen molar-refractivity contribution in [1.29, 1.82) is 0 Å². The summed E-state index contributed by atoms with van der Waals surface area (Å²) in [6.45, 7) is 1.71. The molecule has 1 amide bonds. The first-order valence-electron chi connectivity index (χ1n) is 4.60. The van der Waals surface area contributed by atoms with Gasteiger partial charge in [0.1, 0.15) is 5.15 Å². The summed E-state index contributed by atoms with van der Waals surface area (Å²) in [6, 6.07) is 3.20. The van der Waals surface area contributed by atoms with Gasteiger partial charge < -0.3 is 11.1 Å². The third-order valence-electron chi connectivity index (χ3n) is 2.03. The molecule has 2 rings (SSSR count). The quantitative estimate of drug-likeness (QED) is 0.780. The number of nitrogens with two attached hydrogens (primary N) is 1. The molecule has 0 saturated carbocycles. The largest absolute Gasteiger partial charge is 0.379 e. The number of rotatable bonds is 2. The number of nitrogens with zero attached hydrogens (tertiary/aromatic N) is 3. The fraction of sp³-hybridized carbons (Fsp3) is 0.111. The summed E-state index contributed by atoms with van der Waals surface area (Å²) >= 11 is 5.70. The number of nitrogens with one attached hydrogen (secondary N) is 1. The third-order valence-corrected chi connectivity index (χ3v) is 2.24. The van der Waals surface area contributed by atoms with Crippen molar-refractivity contribution in [3.8, 4) is 0 Å². The van der Waals surface area contributed by atoms with Crippen molar-refractivity contribution in [2.45, 2.75) is 6.92 Å². The Morgan fingerprint density at radius 3 is 2.82 bits per heavy atom. The lowest BCUT2D eigenvalue weighted by Gasteiger charge is -2.05. The van der Waals surface area contributed by atoms with Crippen LogP contribution in [0.15, 0.2) is 16.8 Å². The minimum absolute atomic E-state index is 0.0675. The number of aromatic nitrogens is 3. The molecule has 0 radical (unpaired) electrons. The number of carbonyl (C=O) groups excluding carboxylic acids is 1. The molecule has 3 N–H and O–H groups in total. The SMILES string of the molecule is Cc1nc(Cl)ccc1NC(=O)c1nonc1N. The summed E-state index contributed by atoms with van der Waals surface area (Å²) in [4.78, 5) is 15.7. The minimum atomic E-state index is -0.518. The van der Waals surface area contributed by atoms with E-state index in [0.717, 1.165) is 0 Å². The summed E-state index contributed by atoms with van der Waals surface area (Å²) in [7, 11) is 0. The van der Waals surface area contributed by atoms with Crippen LogP contribution in [0.25, 0.3) is 0 Å². The van der Waals surface area contributed by atoms with Crippen LogP contribution >= 0.6 is 11.6 Å². The van der Waals surface area contributed by atoms with Crippen molar-refractivity contribution < 1.29 is 9.42 Å². The standard InChI is InChI=1S/C9H8ClN5O2/c1-4-5(2-3-6(10)12-4)13-9(16)7-8(11)15-17-14-7/h2-3H,1H3,(H2,11,15)(H,13,16). The third kappa shape index (κ3) is 2.34. The lowest BCUT2D eigenvalue weighted by Crippen LogP contribution is -2.15. The molecule has 2 aromatic rings. The molecular weight excluding hydrogens is 246 g/mol. The van der Waals surface area contributed by atoms with E-state index in [0.29, 0.717) is 16.5 Å². The van der Waals surface area contributed by atoms with Crippen molar-refractivity contribution in [2.75, 3.05) is 11.1 Å². The zero-order valence-electron chi connectivity index (χ0n) is 8.77. The van der Waals surface area contributed by atoms with Gasteiger partial charge in [-0.1, -0.05) is 11.6 Å². The number of anilines is 2. The molecule has 88 valence electrons. The topological polar surface area (TPSA) is 107 Å². The van der Waals surface area contributed by atoms with Gasteiger partial charge in [0.15, 0.2) is 0 Å². The van der Waals surface area contributed by atoms with Gasteiger partial charge in [0.05, 0.1) is 11.4 Å². The molecule has 0 aliphatic rings. The predicted octanol–water partition coefficient (Wildman–Crippen LogP) is 1.26. The molecule has 0 fully saturated rings. The summed E-state index contributed by atoms with van der Waals surface area (Å²) < 4.78 is 4.33. The van der Waals surface area contributed by atoms with E-state index in [1.54, 1.807) is 19.1 Å². The van der Waals surface area contributed by atoms with Crippen LogP contribution in [0.1, 0.15) is 16.2 Å². The van der Waals surface area contributed by atoms with Crippen molar-refractivity contribution in [2.24, 2.45) is 0 Å². The van der Waals surface area contributed by atoms with E-state index in [9.17, 15) is 4.79 Å². The fourth-order valence-corrected chi connectivity index (χ4v) is 1.39. The Labute approximate surface area is 101 Å². The maximum Gasteiger partial charge on any atom is 0.281 e. The Kier molecular flexibility index (Phi) is 2.92. The normalized spacial score (nSPS) is 10.2. The molecule has 0 aliphatic carbocycles. The van der Waals surface area contributed by atoms with Gasteiger partial charge in [-0.2, -0.15) is 0 Å². The smallest absolute Gasteiger partial charge is 0.281 e. The molecule has 0 unspecified atom stereocenters. The van der Waals surface area contributed by atoms with Gasteiger partial charge in [-0.25, -0.2) is 9.61 Å². The van der Waals surface area contributed by atoms with E-state index in [1.165, 1.54) is 0 Å². The van der Waals surface area contributed by atoms with Crippen LogP contribution in [0.2, 0.25) is 5.15 Å². The Hall–Kier alpha value is -2.15. The van der Waals surface area contributed by atoms with Crippen molar-refractivity contribution in [3.05, 3.63) is 28.7 Å². The zero-order valence-corrected chi connectivity index (χ0v) is 9.52. The molecule has 0 atom stereocenters. The number of hydrogen-bond acceptors (Lipinski definition) is 6. The monoisotopic (exact) mass is 253 g/mol. The molecule has 8 heteroatoms. The highest BCUT2D eigenvalue weighted by atomic mass is 35.5. The summed E-state index contributed by atoms with van der Waals surface area (Å²) in [6.07, 6.45) is 0. The lowest BCUT2D eigenvalue weighted by atomic mass is 10.3. The van der Waals surface area contributed by atoms with Gasteiger partial charge in [0, 0.05) is 0 Å². The second-order valence-corrected chi connectivity index (χ2v) is 3.61. The number of nitrogen functional groups attached to an aromatic ring is 1. The first-order valence-corrected chi connectivity index (χ1v) is 4.98. The number of amides is 1. The van der Waals surface area contributed by atoms with Gasteiger partial charge in [-0.3, -0.25) is 4.79 Å². The van der Waals surface area contributed by atoms with E-state index >= 15 is 0 Å². The molecule has 0 aliphatic heterocycles. The van der Waals surface area contributed by atoms with Crippen LogP contribution in [-0.4, -0.2) is 21.2 Å². The molecule has 0 aromatic carbocycles. The molecule has 17 heavy (non-hydrogen) atoms. The van der Waals surface area contributed by atoms with E-state index < -0.39 is 5.91 Å². The summed E-state index contributed by atoms with van der Waals surface area (Å²) in [5.41, 5.74) is 6.42. The maximum absolute atomic E-state index is 11.7. The molecule has 0 saturated heterocycles. The highest BCUT2D eigenvalue weighted by Gasteiger charge is 2.16. The summed E-state index contributed by atoms with van der Waals surface area (Å²) in [5.74, 6) is -0.585. The highest BCUT2D eigenvalue weighted by Crippen LogP contribution is 2.17. The molecule has 0 bridgehead atoms. The number of hydrogen-bond donors (Lipinski definition) is 2. The molecule has 2 aromatic heterocycles. The number of aryl methyl sites for hydroxylation is 1. The number of pyridine rings is 1. The van der Waals surface area contributed by atoms with Crippen molar-refractivity contribution in [3.63, 3.8) is 0 Å². The van der Waals surface area contributed by atoms with Crippen LogP contribution in [-0.2, 0) is 0 Å². The Morgan fingerprint density at radius 1 is 1.47 bits per heavy atom. The second-order valence-electron chi connectivity index (χ2n) is 3.22. The summed E-state index contributed by atoms with van der Waals surface area (Å²) in [5, 5.41) is 9.63. The van der Waals surface area contributed by atoms with Crippen LogP contribution < -0.4 is 11.1 Å². The average Bonchev–Trinajstić information content (AvgIpc) is 2.68. The van der Waals surface area contributed by atoms with Crippen LogP contribution in [0, 0.1) is 6.92 Å². The predicted molar refractivity (Wildman–Crippen MR) is 60.6 cm³/mol. The van der Waals surface area contributed by atoms with E-state index in [-0.39, 0.29) is 11.5 Å². The lowest BCUT2D eigenvalue weighted by molar-refractivity contribution is 0.101. The van der Waals surface area contributed by atoms with Crippen LogP contribution in [0.5, 0.6) is 0 Å². The van der Waals surface area contributed by atoms with Crippen molar-refractivity contribution in [1.82, 2.24) is 15.3 Å². The van der Waals surface area contributed by atoms with E-state index in [4.69, 9.17) is 17.3 Å². The van der Waals surface area contributed by atoms with Crippen LogP contribution in [0.3, 0.4) is 0 Å². The average molecular weight is 254 g/mol. The molecule has 7 nitrogen and oxygen atoms in total. The number of halogens is 1. The first kappa shape index (κ1) is 11.3. The second kappa shape index (κ2) is 4.38. The fourth-order valence-electron chi connectivity index (χ4n) is 1.20. The zero-order chi connectivity index (χ0) is 12.4. The Morgan fingerprint density at radius 2 is 2.24 bits per heavy atom. The Bertz CT molecular complexity index is 568. The van der Waals surface area contributed by atoms with Gasteiger partial charge in [-0.05, 0) is 29.4 Å². The van der Waals surface area contributed by atoms with Gasteiger partial charge in [0.25, 0.3) is 5.91 Å². The maximum atomic E-state index is 11.7. The van der Waals surface area contributed by atoms with Crippen LogP contribution in [0.4, 0.5) is 11.5 Å². The van der Waals surface area contributed by atoms with Gasteiger partial charge in [0.2, 0.25) is 11.5 Å². The molecular formula is C9H8ClN5O2. The van der Waals surface area contributed by atoms with E-state index in [1.807, 2.05) is 0 Å². The highest BCUT2D eigenvalue weighted by molar-refractivity contribution is 6.29. The minimum Gasteiger partial charge on any atom is -0.379 e. The van der Waals surface area contributed by atoms with E-state index in [2.05, 4.69) is 25.2 Å². The molecule has 0 spiro atoms. The molecule has 2 heterocycles. The first-order chi connectivity index (χ1) is 8.08. The Balaban J connectivity index is 2.22. The van der Waals surface area contributed by atoms with Crippen molar-refractivity contribution >= 4 is 29.0 Å². The van der Waals surface area contributed by atoms with Gasteiger partial charge in [-0.15, -0.1) is 0 Å².